The van der Waals surface area contributed by atoms with E-state index in [2.05, 4.69) is 41.2 Å². The molecule has 0 aliphatic rings. The molecule has 0 saturated heterocycles. The molecule has 0 radical (unpaired) electrons. The van der Waals surface area contributed by atoms with E-state index >= 15 is 0 Å². The molecule has 2 N–H and O–H groups in total. The van der Waals surface area contributed by atoms with Crippen LogP contribution in [0.1, 0.15) is 32.7 Å². The number of aromatic nitrogens is 2. The van der Waals surface area contributed by atoms with Crippen LogP contribution in [0.5, 0.6) is 0 Å². The van der Waals surface area contributed by atoms with Crippen LogP contribution >= 0.6 is 0 Å². The summed E-state index contributed by atoms with van der Waals surface area (Å²) < 4.78 is 1.92. The summed E-state index contributed by atoms with van der Waals surface area (Å²) in [6.07, 6.45) is 3.63. The number of imidazole rings is 1. The minimum absolute atomic E-state index is 0.263. The molecule has 0 aliphatic carbocycles. The monoisotopic (exact) mass is 381 g/mol. The third kappa shape index (κ3) is 3.69. The number of anilines is 2. The van der Waals surface area contributed by atoms with Gasteiger partial charge in [-0.05, 0) is 61.7 Å². The van der Waals surface area contributed by atoms with Crippen LogP contribution in [0.25, 0.3) is 5.65 Å². The Hall–Kier alpha value is -4.04. The van der Waals surface area contributed by atoms with Crippen LogP contribution in [0.2, 0.25) is 0 Å². The first kappa shape index (κ1) is 18.3. The maximum Gasteiger partial charge on any atom is 0.335 e. The summed E-state index contributed by atoms with van der Waals surface area (Å²) >= 11 is 0. The minimum Gasteiger partial charge on any atom is -0.478 e. The van der Waals surface area contributed by atoms with Crippen molar-refractivity contribution in [3.63, 3.8) is 0 Å². The van der Waals surface area contributed by atoms with Gasteiger partial charge in [0.05, 0.1) is 17.4 Å². The van der Waals surface area contributed by atoms with E-state index in [1.165, 1.54) is 5.56 Å². The number of aryl methyl sites for hydroxylation is 1. The van der Waals surface area contributed by atoms with Crippen LogP contribution in [-0.2, 0) is 0 Å². The Balaban J connectivity index is 1.69. The van der Waals surface area contributed by atoms with Crippen LogP contribution in [0, 0.1) is 25.7 Å². The van der Waals surface area contributed by atoms with Crippen molar-refractivity contribution in [3.8, 4) is 11.8 Å². The summed E-state index contributed by atoms with van der Waals surface area (Å²) in [7, 11) is 0. The van der Waals surface area contributed by atoms with Gasteiger partial charge >= 0.3 is 5.97 Å². The van der Waals surface area contributed by atoms with Crippen molar-refractivity contribution in [2.45, 2.75) is 13.8 Å². The first-order chi connectivity index (χ1) is 14.0. The number of nitrogens with one attached hydrogen (secondary N) is 1. The molecule has 0 spiro atoms. The van der Waals surface area contributed by atoms with E-state index in [0.29, 0.717) is 11.1 Å². The predicted molar refractivity (Wildman–Crippen MR) is 114 cm³/mol. The third-order valence-electron chi connectivity index (χ3n) is 4.76. The highest BCUT2D eigenvalue weighted by molar-refractivity contribution is 5.90. The maximum atomic E-state index is 11.3. The number of carbonyl (C=O) groups is 1. The first-order valence-electron chi connectivity index (χ1n) is 9.17. The molecular weight excluding hydrogens is 362 g/mol. The molecule has 0 bridgehead atoms. The largest absolute Gasteiger partial charge is 0.478 e. The Morgan fingerprint density at radius 2 is 1.83 bits per heavy atom. The number of rotatable bonds is 3. The Morgan fingerprint density at radius 1 is 1.03 bits per heavy atom. The lowest BCUT2D eigenvalue weighted by atomic mass is 10.0. The fraction of sp³-hybridized carbons (Fsp3) is 0.0833. The Bertz CT molecular complexity index is 1280. The molecule has 0 amide bonds. The maximum absolute atomic E-state index is 11.3. The van der Waals surface area contributed by atoms with Gasteiger partial charge in [0, 0.05) is 17.4 Å². The van der Waals surface area contributed by atoms with E-state index < -0.39 is 5.97 Å². The highest BCUT2D eigenvalue weighted by Crippen LogP contribution is 2.22. The number of hydrogen-bond donors (Lipinski definition) is 2. The molecule has 5 nitrogen and oxygen atoms in total. The smallest absolute Gasteiger partial charge is 0.335 e. The number of fused-ring (bicyclic) bond motifs is 1. The van der Waals surface area contributed by atoms with Crippen LogP contribution in [0.4, 0.5) is 11.4 Å². The summed E-state index contributed by atoms with van der Waals surface area (Å²) in [5.41, 5.74) is 6.18. The number of carboxylic acids is 1. The average molecular weight is 381 g/mol. The van der Waals surface area contributed by atoms with Crippen LogP contribution in [0.3, 0.4) is 0 Å². The molecule has 29 heavy (non-hydrogen) atoms. The van der Waals surface area contributed by atoms with Gasteiger partial charge in [-0.15, -0.1) is 0 Å². The zero-order valence-electron chi connectivity index (χ0n) is 16.1. The summed E-state index contributed by atoms with van der Waals surface area (Å²) in [5, 5.41) is 12.7. The predicted octanol–water partition coefficient (Wildman–Crippen LogP) is 4.79. The molecule has 0 fully saturated rings. The SMILES string of the molecule is Cc1ccc(Nc2cccn3c(C#Cc4cccc(C(=O)O)c4C)cnc23)cc1. The quantitative estimate of drug-likeness (QED) is 0.501. The molecule has 0 atom stereocenters. The van der Waals surface area contributed by atoms with E-state index in [9.17, 15) is 9.90 Å². The summed E-state index contributed by atoms with van der Waals surface area (Å²) in [6.45, 7) is 3.82. The van der Waals surface area contributed by atoms with Crippen molar-refractivity contribution in [1.29, 1.82) is 0 Å². The minimum atomic E-state index is -0.951. The lowest BCUT2D eigenvalue weighted by molar-refractivity contribution is 0.0696. The molecule has 142 valence electrons. The Kier molecular flexibility index (Phi) is 4.76. The van der Waals surface area contributed by atoms with Gasteiger partial charge in [0.25, 0.3) is 0 Å². The second kappa shape index (κ2) is 7.53. The van der Waals surface area contributed by atoms with Crippen molar-refractivity contribution < 1.29 is 9.90 Å². The number of pyridine rings is 1. The topological polar surface area (TPSA) is 66.6 Å². The van der Waals surface area contributed by atoms with Crippen molar-refractivity contribution in [3.05, 3.63) is 94.9 Å². The lowest BCUT2D eigenvalue weighted by Crippen LogP contribution is -2.01. The van der Waals surface area contributed by atoms with Gasteiger partial charge in [-0.1, -0.05) is 29.7 Å². The molecule has 2 aromatic carbocycles. The van der Waals surface area contributed by atoms with Gasteiger partial charge in [-0.2, -0.15) is 0 Å². The molecule has 2 heterocycles. The van der Waals surface area contributed by atoms with Gasteiger partial charge in [0.1, 0.15) is 5.69 Å². The molecule has 0 unspecified atom stereocenters. The molecular formula is C24H19N3O2. The average Bonchev–Trinajstić information content (AvgIpc) is 3.13. The number of aromatic carboxylic acids is 1. The zero-order valence-corrected chi connectivity index (χ0v) is 16.1. The number of carboxylic acid groups (broad SMARTS) is 1. The van der Waals surface area contributed by atoms with Crippen molar-refractivity contribution in [2.75, 3.05) is 5.32 Å². The zero-order chi connectivity index (χ0) is 20.4. The van der Waals surface area contributed by atoms with Crippen molar-refractivity contribution in [2.24, 2.45) is 0 Å². The molecule has 0 aliphatic heterocycles. The van der Waals surface area contributed by atoms with E-state index in [0.717, 1.165) is 22.7 Å². The highest BCUT2D eigenvalue weighted by atomic mass is 16.4. The van der Waals surface area contributed by atoms with E-state index in [4.69, 9.17) is 0 Å². The second-order valence-corrected chi connectivity index (χ2v) is 6.78. The van der Waals surface area contributed by atoms with Crippen LogP contribution < -0.4 is 5.32 Å². The summed E-state index contributed by atoms with van der Waals surface area (Å²) in [6, 6.07) is 17.2. The van der Waals surface area contributed by atoms with E-state index in [1.54, 1.807) is 25.3 Å². The third-order valence-corrected chi connectivity index (χ3v) is 4.76. The molecule has 5 heteroatoms. The van der Waals surface area contributed by atoms with Crippen LogP contribution in [0.15, 0.2) is 67.0 Å². The van der Waals surface area contributed by atoms with E-state index in [1.807, 2.05) is 40.9 Å². The Labute approximate surface area is 168 Å². The lowest BCUT2D eigenvalue weighted by Gasteiger charge is -2.08. The van der Waals surface area contributed by atoms with Gasteiger partial charge < -0.3 is 10.4 Å². The van der Waals surface area contributed by atoms with Gasteiger partial charge in [-0.3, -0.25) is 4.40 Å². The van der Waals surface area contributed by atoms with Gasteiger partial charge in [-0.25, -0.2) is 9.78 Å². The number of hydrogen-bond acceptors (Lipinski definition) is 3. The van der Waals surface area contributed by atoms with Crippen LogP contribution in [-0.4, -0.2) is 20.5 Å². The molecule has 4 rings (SSSR count). The fourth-order valence-corrected chi connectivity index (χ4v) is 3.13. The normalized spacial score (nSPS) is 10.4. The van der Waals surface area contributed by atoms with Gasteiger partial charge in [0.2, 0.25) is 0 Å². The first-order valence-corrected chi connectivity index (χ1v) is 9.17. The standard InChI is InChI=1S/C24H19N3O2/c1-16-8-11-19(12-9-16)26-22-7-4-14-27-20(15-25-23(22)27)13-10-18-5-3-6-21(17(18)2)24(28)29/h3-9,11-12,14-15,26H,1-2H3,(H,28,29). The molecule has 2 aromatic heterocycles. The number of benzene rings is 2. The second-order valence-electron chi connectivity index (χ2n) is 6.78. The highest BCUT2D eigenvalue weighted by Gasteiger charge is 2.09. The Morgan fingerprint density at radius 3 is 2.59 bits per heavy atom. The van der Waals surface area contributed by atoms with Gasteiger partial charge in [0.15, 0.2) is 5.65 Å². The van der Waals surface area contributed by atoms with Crippen molar-refractivity contribution >= 4 is 23.0 Å². The summed E-state index contributed by atoms with van der Waals surface area (Å²) in [4.78, 5) is 15.8. The molecule has 0 saturated carbocycles. The van der Waals surface area contributed by atoms with E-state index in [-0.39, 0.29) is 5.56 Å². The van der Waals surface area contributed by atoms with Crippen molar-refractivity contribution in [1.82, 2.24) is 9.38 Å². The molecule has 4 aromatic rings. The fourth-order valence-electron chi connectivity index (χ4n) is 3.13. The number of nitrogens with zero attached hydrogens (tertiary/aromatic N) is 2. The summed E-state index contributed by atoms with van der Waals surface area (Å²) in [5.74, 6) is 5.25.